The Morgan fingerprint density at radius 3 is 2.56 bits per heavy atom. The molecule has 1 aromatic rings. The van der Waals surface area contributed by atoms with Gasteiger partial charge in [-0.2, -0.15) is 0 Å². The van der Waals surface area contributed by atoms with Gasteiger partial charge in [-0.25, -0.2) is 4.79 Å². The number of epoxide rings is 1. The first-order valence-electron chi connectivity index (χ1n) is 10.1. The van der Waals surface area contributed by atoms with E-state index in [0.717, 1.165) is 44.3 Å². The summed E-state index contributed by atoms with van der Waals surface area (Å²) in [5.74, 6) is -0.261. The molecule has 1 aliphatic heterocycles. The lowest BCUT2D eigenvalue weighted by Gasteiger charge is -2.38. The highest BCUT2D eigenvalue weighted by atomic mass is 16.6. The summed E-state index contributed by atoms with van der Waals surface area (Å²) in [6.45, 7) is 8.68. The molecule has 2 fully saturated rings. The van der Waals surface area contributed by atoms with Crippen molar-refractivity contribution in [3.8, 4) is 0 Å². The molecular weight excluding hydrogens is 338 g/mol. The second-order valence-electron chi connectivity index (χ2n) is 7.64. The van der Waals surface area contributed by atoms with Gasteiger partial charge < -0.3 is 14.4 Å². The summed E-state index contributed by atoms with van der Waals surface area (Å²) in [4.78, 5) is 15.1. The fourth-order valence-electron chi connectivity index (χ4n) is 4.12. The van der Waals surface area contributed by atoms with Crippen molar-refractivity contribution in [3.05, 3.63) is 60.4 Å². The third-order valence-corrected chi connectivity index (χ3v) is 5.73. The second kappa shape index (κ2) is 8.75. The van der Waals surface area contributed by atoms with Crippen LogP contribution < -0.4 is 0 Å². The van der Waals surface area contributed by atoms with E-state index in [9.17, 15) is 4.79 Å². The maximum absolute atomic E-state index is 13.2. The van der Waals surface area contributed by atoms with E-state index in [1.165, 1.54) is 6.42 Å². The Hall–Kier alpha value is -2.07. The highest BCUT2D eigenvalue weighted by Crippen LogP contribution is 2.39. The average Bonchev–Trinajstić information content (AvgIpc) is 3.50. The van der Waals surface area contributed by atoms with Gasteiger partial charge in [-0.1, -0.05) is 49.4 Å². The lowest BCUT2D eigenvalue weighted by molar-refractivity contribution is -0.161. The third-order valence-electron chi connectivity index (χ3n) is 5.73. The predicted molar refractivity (Wildman–Crippen MR) is 107 cm³/mol. The van der Waals surface area contributed by atoms with Crippen LogP contribution in [0.2, 0.25) is 0 Å². The zero-order valence-electron chi connectivity index (χ0n) is 16.5. The van der Waals surface area contributed by atoms with Gasteiger partial charge >= 0.3 is 5.97 Å². The Balaban J connectivity index is 1.76. The van der Waals surface area contributed by atoms with Gasteiger partial charge in [0.15, 0.2) is 0 Å². The van der Waals surface area contributed by atoms with E-state index < -0.39 is 0 Å². The summed E-state index contributed by atoms with van der Waals surface area (Å²) in [6.07, 6.45) is 9.90. The Bertz CT molecular complexity index is 672. The van der Waals surface area contributed by atoms with Crippen LogP contribution in [0.15, 0.2) is 54.9 Å². The number of esters is 1. The number of hydrogen-bond acceptors (Lipinski definition) is 4. The number of allylic oxidation sites excluding steroid dienone is 1. The van der Waals surface area contributed by atoms with E-state index in [4.69, 9.17) is 9.47 Å². The van der Waals surface area contributed by atoms with E-state index >= 15 is 0 Å². The molecule has 146 valence electrons. The summed E-state index contributed by atoms with van der Waals surface area (Å²) in [5, 5.41) is 0. The van der Waals surface area contributed by atoms with Crippen LogP contribution in [0.4, 0.5) is 0 Å². The van der Waals surface area contributed by atoms with E-state index in [1.807, 2.05) is 36.1 Å². The van der Waals surface area contributed by atoms with Gasteiger partial charge in [-0.05, 0) is 51.3 Å². The molecule has 1 aliphatic carbocycles. The molecule has 0 amide bonds. The molecule has 0 radical (unpaired) electrons. The fourth-order valence-corrected chi connectivity index (χ4v) is 4.12. The zero-order valence-corrected chi connectivity index (χ0v) is 16.5. The maximum atomic E-state index is 13.2. The van der Waals surface area contributed by atoms with E-state index in [-0.39, 0.29) is 23.7 Å². The average molecular weight is 370 g/mol. The molecular formula is C23H31NO3. The summed E-state index contributed by atoms with van der Waals surface area (Å²) in [6, 6.07) is 10.1. The van der Waals surface area contributed by atoms with Crippen LogP contribution in [-0.4, -0.2) is 29.2 Å². The molecule has 2 unspecified atom stereocenters. The van der Waals surface area contributed by atoms with Gasteiger partial charge in [0.2, 0.25) is 0 Å². The Morgan fingerprint density at radius 1 is 1.33 bits per heavy atom. The van der Waals surface area contributed by atoms with Gasteiger partial charge in [-0.15, -0.1) is 0 Å². The number of carbonyl (C=O) groups excluding carboxylic acids is 1. The van der Waals surface area contributed by atoms with Crippen LogP contribution in [0.1, 0.15) is 64.0 Å². The fraction of sp³-hybridized carbons (Fsp3) is 0.522. The molecule has 1 saturated carbocycles. The first kappa shape index (κ1) is 19.7. The van der Waals surface area contributed by atoms with E-state index in [0.29, 0.717) is 5.70 Å². The van der Waals surface area contributed by atoms with Crippen LogP contribution in [0.25, 0.3) is 0 Å². The monoisotopic (exact) mass is 369 g/mol. The van der Waals surface area contributed by atoms with Crippen molar-refractivity contribution in [2.24, 2.45) is 0 Å². The largest absolute Gasteiger partial charge is 0.454 e. The molecule has 0 N–H and O–H groups in total. The Morgan fingerprint density at radius 2 is 2.00 bits per heavy atom. The van der Waals surface area contributed by atoms with E-state index in [2.05, 4.69) is 25.6 Å². The minimum absolute atomic E-state index is 0.00322. The first-order valence-corrected chi connectivity index (χ1v) is 10.1. The van der Waals surface area contributed by atoms with Crippen LogP contribution in [0.5, 0.6) is 0 Å². The van der Waals surface area contributed by atoms with Gasteiger partial charge in [0.25, 0.3) is 0 Å². The van der Waals surface area contributed by atoms with Gasteiger partial charge in [-0.3, -0.25) is 0 Å². The minimum Gasteiger partial charge on any atom is -0.454 e. The quantitative estimate of drug-likeness (QED) is 0.362. The molecule has 0 bridgehead atoms. The number of hydrogen-bond donors (Lipinski definition) is 0. The highest BCUT2D eigenvalue weighted by molar-refractivity contribution is 5.88. The highest BCUT2D eigenvalue weighted by Gasteiger charge is 2.42. The van der Waals surface area contributed by atoms with Crippen molar-refractivity contribution in [2.45, 2.75) is 70.1 Å². The lowest BCUT2D eigenvalue weighted by Crippen LogP contribution is -2.40. The summed E-state index contributed by atoms with van der Waals surface area (Å²) in [5.41, 5.74) is 1.29. The van der Waals surface area contributed by atoms with Gasteiger partial charge in [0, 0.05) is 6.42 Å². The smallest absolute Gasteiger partial charge is 0.355 e. The molecule has 0 spiro atoms. The second-order valence-corrected chi connectivity index (χ2v) is 7.64. The summed E-state index contributed by atoms with van der Waals surface area (Å²) >= 11 is 0. The maximum Gasteiger partial charge on any atom is 0.355 e. The topological polar surface area (TPSA) is 42.1 Å². The number of rotatable bonds is 8. The molecule has 4 heteroatoms. The van der Waals surface area contributed by atoms with Crippen molar-refractivity contribution >= 4 is 5.97 Å². The van der Waals surface area contributed by atoms with E-state index in [1.54, 1.807) is 6.20 Å². The number of nitrogens with zero attached hydrogens (tertiary/aromatic N) is 1. The third kappa shape index (κ3) is 4.81. The molecule has 0 aromatic heterocycles. The predicted octanol–water partition coefficient (Wildman–Crippen LogP) is 5.13. The van der Waals surface area contributed by atoms with Crippen LogP contribution in [0.3, 0.4) is 0 Å². The summed E-state index contributed by atoms with van der Waals surface area (Å²) < 4.78 is 11.6. The van der Waals surface area contributed by atoms with Crippen molar-refractivity contribution in [1.82, 2.24) is 4.90 Å². The molecule has 3 rings (SSSR count). The standard InChI is InChI=1S/C23H31NO3/c1-4-21(24(5-2)18(3)19-12-8-6-9-13-19)22(25)27-23(16-20-17-26-20)14-10-7-11-15-23/h4-6,8-9,12-13,18,20H,2,7,10-11,14-17H2,1,3H3/b21-4-. The molecule has 27 heavy (non-hydrogen) atoms. The molecule has 2 atom stereocenters. The van der Waals surface area contributed by atoms with Crippen molar-refractivity contribution < 1.29 is 14.3 Å². The molecule has 4 nitrogen and oxygen atoms in total. The zero-order chi connectivity index (χ0) is 19.3. The van der Waals surface area contributed by atoms with Crippen LogP contribution in [-0.2, 0) is 14.3 Å². The molecule has 1 heterocycles. The lowest BCUT2D eigenvalue weighted by atomic mass is 9.81. The van der Waals surface area contributed by atoms with Crippen molar-refractivity contribution in [3.63, 3.8) is 0 Å². The normalized spacial score (nSPS) is 22.6. The van der Waals surface area contributed by atoms with Gasteiger partial charge in [0.05, 0.1) is 18.8 Å². The Labute approximate surface area is 162 Å². The van der Waals surface area contributed by atoms with Crippen LogP contribution >= 0.6 is 0 Å². The number of carbonyl (C=O) groups is 1. The molecule has 1 aromatic carbocycles. The van der Waals surface area contributed by atoms with Gasteiger partial charge in [0.1, 0.15) is 11.3 Å². The SMILES string of the molecule is C=CN(/C(=C\C)C(=O)OC1(CC2CO2)CCCCC1)C(C)c1ccccc1. The minimum atomic E-state index is -0.381. The van der Waals surface area contributed by atoms with Crippen LogP contribution in [0, 0.1) is 0 Å². The molecule has 2 aliphatic rings. The molecule has 1 saturated heterocycles. The van der Waals surface area contributed by atoms with Crippen molar-refractivity contribution in [2.75, 3.05) is 6.61 Å². The number of ether oxygens (including phenoxy) is 2. The van der Waals surface area contributed by atoms with Crippen molar-refractivity contribution in [1.29, 1.82) is 0 Å². The first-order chi connectivity index (χ1) is 13.1. The Kier molecular flexibility index (Phi) is 6.38. The number of benzene rings is 1. The summed E-state index contributed by atoms with van der Waals surface area (Å²) in [7, 11) is 0.